The third-order valence-electron chi connectivity index (χ3n) is 3.12. The molecule has 1 aromatic carbocycles. The number of aliphatic hydroxyl groups is 1. The van der Waals surface area contributed by atoms with Crippen LogP contribution in [0.25, 0.3) is 0 Å². The highest BCUT2D eigenvalue weighted by molar-refractivity contribution is 6.33. The molecular weight excluding hydrogens is 262 g/mol. The molecule has 3 nitrogen and oxygen atoms in total. The van der Waals surface area contributed by atoms with Gasteiger partial charge in [-0.1, -0.05) is 29.9 Å². The number of benzene rings is 1. The van der Waals surface area contributed by atoms with Crippen LogP contribution in [0.5, 0.6) is 0 Å². The molecule has 1 aliphatic rings. The molecule has 100 valence electrons. The van der Waals surface area contributed by atoms with Crippen molar-refractivity contribution in [2.45, 2.75) is 25.7 Å². The van der Waals surface area contributed by atoms with Crippen LogP contribution in [0, 0.1) is 11.8 Å². The first-order valence-electron chi connectivity index (χ1n) is 6.42. The van der Waals surface area contributed by atoms with Gasteiger partial charge in [0.1, 0.15) is 6.61 Å². The van der Waals surface area contributed by atoms with Gasteiger partial charge in [0.2, 0.25) is 5.91 Å². The van der Waals surface area contributed by atoms with Crippen LogP contribution < -0.4 is 4.90 Å². The Labute approximate surface area is 118 Å². The second kappa shape index (κ2) is 6.60. The molecule has 0 radical (unpaired) electrons. The molecule has 1 amide bonds. The van der Waals surface area contributed by atoms with Crippen molar-refractivity contribution in [3.63, 3.8) is 0 Å². The van der Waals surface area contributed by atoms with Crippen LogP contribution in [0.15, 0.2) is 18.2 Å². The van der Waals surface area contributed by atoms with E-state index in [1.54, 1.807) is 17.0 Å². The topological polar surface area (TPSA) is 40.5 Å². The summed E-state index contributed by atoms with van der Waals surface area (Å²) in [4.78, 5) is 13.8. The summed E-state index contributed by atoms with van der Waals surface area (Å²) in [5, 5.41) is 9.28. The molecule has 1 fully saturated rings. The van der Waals surface area contributed by atoms with E-state index < -0.39 is 0 Å². The third-order valence-corrected chi connectivity index (χ3v) is 3.44. The maximum absolute atomic E-state index is 12.1. The van der Waals surface area contributed by atoms with Crippen LogP contribution in [0.4, 0.5) is 5.69 Å². The molecule has 0 spiro atoms. The number of carbonyl (C=O) groups excluding carboxylic acids is 1. The molecule has 0 saturated carbocycles. The average molecular weight is 278 g/mol. The normalized spacial score (nSPS) is 15.7. The van der Waals surface area contributed by atoms with Gasteiger partial charge in [-0.25, -0.2) is 0 Å². The summed E-state index contributed by atoms with van der Waals surface area (Å²) in [5.74, 6) is 5.55. The fourth-order valence-electron chi connectivity index (χ4n) is 2.18. The number of anilines is 1. The van der Waals surface area contributed by atoms with Crippen LogP contribution in [-0.2, 0) is 4.79 Å². The Morgan fingerprint density at radius 1 is 1.32 bits per heavy atom. The summed E-state index contributed by atoms with van der Waals surface area (Å²) < 4.78 is 0. The summed E-state index contributed by atoms with van der Waals surface area (Å²) >= 11 is 6.19. The van der Waals surface area contributed by atoms with Crippen molar-refractivity contribution in [2.75, 3.05) is 18.1 Å². The molecule has 1 aliphatic heterocycles. The number of carbonyl (C=O) groups is 1. The van der Waals surface area contributed by atoms with Crippen LogP contribution >= 0.6 is 11.6 Å². The fourth-order valence-corrected chi connectivity index (χ4v) is 2.40. The molecule has 0 aromatic heterocycles. The van der Waals surface area contributed by atoms with Gasteiger partial charge in [0.25, 0.3) is 0 Å². The monoisotopic (exact) mass is 277 g/mol. The van der Waals surface area contributed by atoms with Gasteiger partial charge in [-0.3, -0.25) is 4.79 Å². The van der Waals surface area contributed by atoms with E-state index >= 15 is 0 Å². The Kier molecular flexibility index (Phi) is 4.84. The van der Waals surface area contributed by atoms with E-state index in [0.717, 1.165) is 30.5 Å². The first-order chi connectivity index (χ1) is 9.22. The van der Waals surface area contributed by atoms with Crippen LogP contribution in [0.3, 0.4) is 0 Å². The molecule has 0 bridgehead atoms. The number of hydrogen-bond acceptors (Lipinski definition) is 2. The highest BCUT2D eigenvalue weighted by atomic mass is 35.5. The number of nitrogens with zero attached hydrogens (tertiary/aromatic N) is 1. The van der Waals surface area contributed by atoms with Crippen LogP contribution in [0.2, 0.25) is 5.02 Å². The molecule has 0 atom stereocenters. The number of amides is 1. The van der Waals surface area contributed by atoms with Gasteiger partial charge < -0.3 is 10.0 Å². The van der Waals surface area contributed by atoms with Gasteiger partial charge in [0.15, 0.2) is 0 Å². The van der Waals surface area contributed by atoms with Crippen molar-refractivity contribution in [3.05, 3.63) is 28.8 Å². The van der Waals surface area contributed by atoms with Gasteiger partial charge in [-0.2, -0.15) is 0 Å². The lowest BCUT2D eigenvalue weighted by Crippen LogP contribution is -2.30. The number of halogens is 1. The van der Waals surface area contributed by atoms with Crippen molar-refractivity contribution in [2.24, 2.45) is 0 Å². The molecule has 0 unspecified atom stereocenters. The Hall–Kier alpha value is -1.50. The molecule has 1 heterocycles. The van der Waals surface area contributed by atoms with E-state index in [0.29, 0.717) is 18.0 Å². The molecule has 4 heteroatoms. The maximum atomic E-state index is 12.1. The quantitative estimate of drug-likeness (QED) is 0.802. The number of aliphatic hydroxyl groups excluding tert-OH is 1. The molecule has 1 N–H and O–H groups in total. The van der Waals surface area contributed by atoms with Gasteiger partial charge >= 0.3 is 0 Å². The minimum absolute atomic E-state index is 0.117. The molecule has 1 aromatic rings. The first-order valence-corrected chi connectivity index (χ1v) is 6.80. The van der Waals surface area contributed by atoms with E-state index in [4.69, 9.17) is 16.7 Å². The fraction of sp³-hybridized carbons (Fsp3) is 0.400. The zero-order valence-corrected chi connectivity index (χ0v) is 11.4. The lowest BCUT2D eigenvalue weighted by molar-refractivity contribution is -0.118. The lowest BCUT2D eigenvalue weighted by Gasteiger charge is -2.22. The van der Waals surface area contributed by atoms with E-state index in [-0.39, 0.29) is 12.5 Å². The Bertz CT molecular complexity index is 531. The van der Waals surface area contributed by atoms with Crippen molar-refractivity contribution < 1.29 is 9.90 Å². The summed E-state index contributed by atoms with van der Waals surface area (Å²) in [5.41, 5.74) is 1.48. The average Bonchev–Trinajstić information content (AvgIpc) is 2.63. The predicted molar refractivity (Wildman–Crippen MR) is 76.2 cm³/mol. The Morgan fingerprint density at radius 2 is 2.16 bits per heavy atom. The highest BCUT2D eigenvalue weighted by Gasteiger charge is 2.20. The van der Waals surface area contributed by atoms with E-state index in [9.17, 15) is 4.79 Å². The number of hydrogen-bond donors (Lipinski definition) is 1. The SMILES string of the molecule is O=C1CCCCCN1c1cc(C#CCO)ccc1Cl. The smallest absolute Gasteiger partial charge is 0.227 e. The summed E-state index contributed by atoms with van der Waals surface area (Å²) in [6.07, 6.45) is 3.58. The summed E-state index contributed by atoms with van der Waals surface area (Å²) in [7, 11) is 0. The molecular formula is C15H16ClNO2. The minimum atomic E-state index is -0.180. The van der Waals surface area contributed by atoms with Crippen molar-refractivity contribution in [3.8, 4) is 11.8 Å². The second-order valence-electron chi connectivity index (χ2n) is 4.48. The van der Waals surface area contributed by atoms with Gasteiger partial charge in [-0.15, -0.1) is 0 Å². The van der Waals surface area contributed by atoms with Gasteiger partial charge in [0, 0.05) is 18.5 Å². The summed E-state index contributed by atoms with van der Waals surface area (Å²) in [6, 6.07) is 5.35. The zero-order valence-electron chi connectivity index (χ0n) is 10.7. The predicted octanol–water partition coefficient (Wildman–Crippen LogP) is 2.59. The van der Waals surface area contributed by atoms with Crippen molar-refractivity contribution >= 4 is 23.2 Å². The van der Waals surface area contributed by atoms with Crippen LogP contribution in [0.1, 0.15) is 31.2 Å². The standard InChI is InChI=1S/C15H16ClNO2/c16-13-8-7-12(5-4-10-18)11-14(13)17-9-3-1-2-6-15(17)19/h7-8,11,18H,1-3,6,9-10H2. The summed E-state index contributed by atoms with van der Waals surface area (Å²) in [6.45, 7) is 0.524. The Balaban J connectivity index is 2.33. The van der Waals surface area contributed by atoms with Gasteiger partial charge in [0.05, 0.1) is 10.7 Å². The largest absolute Gasteiger partial charge is 0.384 e. The van der Waals surface area contributed by atoms with Crippen molar-refractivity contribution in [1.29, 1.82) is 0 Å². The zero-order chi connectivity index (χ0) is 13.7. The maximum Gasteiger partial charge on any atom is 0.227 e. The highest BCUT2D eigenvalue weighted by Crippen LogP contribution is 2.29. The van der Waals surface area contributed by atoms with E-state index in [1.165, 1.54) is 0 Å². The van der Waals surface area contributed by atoms with Crippen molar-refractivity contribution in [1.82, 2.24) is 0 Å². The Morgan fingerprint density at radius 3 is 2.95 bits per heavy atom. The second-order valence-corrected chi connectivity index (χ2v) is 4.89. The molecule has 19 heavy (non-hydrogen) atoms. The molecule has 0 aliphatic carbocycles. The molecule has 1 saturated heterocycles. The minimum Gasteiger partial charge on any atom is -0.384 e. The first kappa shape index (κ1) is 13.9. The number of rotatable bonds is 1. The third kappa shape index (κ3) is 3.50. The van der Waals surface area contributed by atoms with E-state index in [2.05, 4.69) is 11.8 Å². The molecule has 2 rings (SSSR count). The van der Waals surface area contributed by atoms with Crippen LogP contribution in [-0.4, -0.2) is 24.2 Å². The lowest BCUT2D eigenvalue weighted by atomic mass is 10.2. The van der Waals surface area contributed by atoms with E-state index in [1.807, 2.05) is 6.07 Å². The van der Waals surface area contributed by atoms with Gasteiger partial charge in [-0.05, 0) is 31.0 Å².